The Kier molecular flexibility index (Phi) is 4.58. The molecule has 0 saturated carbocycles. The lowest BCUT2D eigenvalue weighted by Gasteiger charge is -2.38. The average Bonchev–Trinajstić information content (AvgIpc) is 2.73. The van der Waals surface area contributed by atoms with E-state index in [-0.39, 0.29) is 23.2 Å². The van der Waals surface area contributed by atoms with Crippen LogP contribution in [-0.4, -0.2) is 13.0 Å². The van der Waals surface area contributed by atoms with Crippen molar-refractivity contribution in [3.8, 4) is 0 Å². The zero-order valence-electron chi connectivity index (χ0n) is 17.0. The van der Waals surface area contributed by atoms with E-state index in [4.69, 9.17) is 0 Å². The molecule has 1 amide bonds. The summed E-state index contributed by atoms with van der Waals surface area (Å²) in [5.41, 5.74) is 5.91. The number of benzene rings is 3. The van der Waals surface area contributed by atoms with Gasteiger partial charge in [-0.2, -0.15) is 0 Å². The summed E-state index contributed by atoms with van der Waals surface area (Å²) in [4.78, 5) is 14.7. The van der Waals surface area contributed by atoms with Crippen LogP contribution < -0.4 is 4.90 Å². The molecule has 2 heteroatoms. The number of rotatable bonds is 3. The van der Waals surface area contributed by atoms with E-state index in [0.29, 0.717) is 0 Å². The van der Waals surface area contributed by atoms with Gasteiger partial charge < -0.3 is 4.90 Å². The highest BCUT2D eigenvalue weighted by molar-refractivity contribution is 5.99. The lowest BCUT2D eigenvalue weighted by atomic mass is 9.73. The summed E-state index contributed by atoms with van der Waals surface area (Å²) in [5.74, 6) is 0.165. The zero-order valence-corrected chi connectivity index (χ0v) is 17.0. The molecule has 0 aliphatic carbocycles. The number of carbonyl (C=O) groups excluding carboxylic acids is 1. The molecule has 0 saturated heterocycles. The van der Waals surface area contributed by atoms with Gasteiger partial charge in [0.05, 0.1) is 0 Å². The van der Waals surface area contributed by atoms with Gasteiger partial charge in [0.2, 0.25) is 5.91 Å². The van der Waals surface area contributed by atoms with Crippen molar-refractivity contribution >= 4 is 11.6 Å². The molecule has 1 aliphatic heterocycles. The van der Waals surface area contributed by atoms with E-state index in [2.05, 4.69) is 93.6 Å². The molecule has 142 valence electrons. The number of amides is 1. The second-order valence-electron chi connectivity index (χ2n) is 8.34. The monoisotopic (exact) mass is 369 g/mol. The van der Waals surface area contributed by atoms with Gasteiger partial charge >= 0.3 is 0 Å². The van der Waals surface area contributed by atoms with E-state index in [0.717, 1.165) is 5.69 Å². The topological polar surface area (TPSA) is 20.3 Å². The third-order valence-corrected chi connectivity index (χ3v) is 6.32. The number of hydrogen-bond donors (Lipinski definition) is 0. The molecular formula is C26H27NO. The van der Waals surface area contributed by atoms with Crippen molar-refractivity contribution in [2.24, 2.45) is 5.92 Å². The van der Waals surface area contributed by atoms with Crippen molar-refractivity contribution in [2.45, 2.75) is 32.1 Å². The fourth-order valence-electron chi connectivity index (χ4n) is 4.48. The quantitative estimate of drug-likeness (QED) is 0.575. The molecule has 1 aliphatic rings. The fraction of sp³-hybridized carbons (Fsp3) is 0.269. The molecule has 0 N–H and O–H groups in total. The molecule has 0 radical (unpaired) electrons. The van der Waals surface area contributed by atoms with Crippen molar-refractivity contribution in [2.75, 3.05) is 11.9 Å². The molecule has 1 heterocycles. The Bertz CT molecular complexity index is 991. The Morgan fingerprint density at radius 3 is 2.07 bits per heavy atom. The van der Waals surface area contributed by atoms with E-state index in [1.54, 1.807) is 0 Å². The van der Waals surface area contributed by atoms with Crippen LogP contribution in [0.1, 0.15) is 48.9 Å². The second-order valence-corrected chi connectivity index (χ2v) is 8.34. The zero-order chi connectivity index (χ0) is 19.9. The van der Waals surface area contributed by atoms with E-state index in [1.807, 2.05) is 18.0 Å². The summed E-state index contributed by atoms with van der Waals surface area (Å²) in [6, 6.07) is 27.6. The average molecular weight is 370 g/mol. The molecule has 2 unspecified atom stereocenters. The van der Waals surface area contributed by atoms with Crippen LogP contribution in [0.5, 0.6) is 0 Å². The maximum atomic E-state index is 12.9. The van der Waals surface area contributed by atoms with Gasteiger partial charge in [-0.25, -0.2) is 0 Å². The molecule has 4 rings (SSSR count). The second kappa shape index (κ2) is 6.94. The maximum absolute atomic E-state index is 12.9. The highest BCUT2D eigenvalue weighted by atomic mass is 16.2. The van der Waals surface area contributed by atoms with Gasteiger partial charge in [-0.1, -0.05) is 93.6 Å². The Morgan fingerprint density at radius 1 is 0.821 bits per heavy atom. The van der Waals surface area contributed by atoms with Crippen molar-refractivity contribution in [3.63, 3.8) is 0 Å². The summed E-state index contributed by atoms with van der Waals surface area (Å²) in [5, 5.41) is 0. The van der Waals surface area contributed by atoms with E-state index >= 15 is 0 Å². The number of hydrogen-bond acceptors (Lipinski definition) is 1. The molecule has 0 fully saturated rings. The maximum Gasteiger partial charge on any atom is 0.230 e. The first-order chi connectivity index (χ1) is 13.4. The van der Waals surface area contributed by atoms with Gasteiger partial charge in [-0.15, -0.1) is 0 Å². The molecule has 2 atom stereocenters. The summed E-state index contributed by atoms with van der Waals surface area (Å²) in [6.45, 7) is 6.58. The van der Waals surface area contributed by atoms with Gasteiger partial charge in [0, 0.05) is 30.0 Å². The molecule has 3 aromatic rings. The van der Waals surface area contributed by atoms with Crippen LogP contribution in [0.25, 0.3) is 0 Å². The van der Waals surface area contributed by atoms with Crippen LogP contribution in [0, 0.1) is 5.92 Å². The Labute approximate surface area is 167 Å². The summed E-state index contributed by atoms with van der Waals surface area (Å²) in [7, 11) is 1.89. The van der Waals surface area contributed by atoms with Gasteiger partial charge in [0.15, 0.2) is 0 Å². The Morgan fingerprint density at radius 2 is 1.43 bits per heavy atom. The van der Waals surface area contributed by atoms with Crippen LogP contribution in [0.15, 0.2) is 78.9 Å². The molecule has 0 aromatic heterocycles. The normalized spacial score (nSPS) is 19.4. The van der Waals surface area contributed by atoms with Gasteiger partial charge in [-0.05, 0) is 28.3 Å². The van der Waals surface area contributed by atoms with Crippen molar-refractivity contribution in [1.29, 1.82) is 0 Å². The minimum atomic E-state index is -0.110. The third kappa shape index (κ3) is 2.93. The van der Waals surface area contributed by atoms with Gasteiger partial charge in [0.1, 0.15) is 0 Å². The third-order valence-electron chi connectivity index (χ3n) is 6.32. The van der Waals surface area contributed by atoms with Crippen molar-refractivity contribution < 1.29 is 4.79 Å². The lowest BCUT2D eigenvalue weighted by Crippen LogP contribution is -2.40. The molecule has 0 bridgehead atoms. The van der Waals surface area contributed by atoms with Crippen LogP contribution >= 0.6 is 0 Å². The van der Waals surface area contributed by atoms with Crippen LogP contribution in [0.3, 0.4) is 0 Å². The largest absolute Gasteiger partial charge is 0.315 e. The van der Waals surface area contributed by atoms with E-state index < -0.39 is 0 Å². The molecule has 2 nitrogen and oxygen atoms in total. The first-order valence-electron chi connectivity index (χ1n) is 9.93. The SMILES string of the molecule is CC1C(=O)N(C)c2ccc(C(C)(C)c3ccccc3)cc2C1c1ccccc1. The number of anilines is 1. The molecule has 0 spiro atoms. The minimum absolute atomic E-state index is 0.0754. The van der Waals surface area contributed by atoms with E-state index in [9.17, 15) is 4.79 Å². The molecular weight excluding hydrogens is 342 g/mol. The number of fused-ring (bicyclic) bond motifs is 1. The summed E-state index contributed by atoms with van der Waals surface area (Å²) in [6.07, 6.45) is 0. The van der Waals surface area contributed by atoms with E-state index in [1.165, 1.54) is 22.3 Å². The Hall–Kier alpha value is -2.87. The molecule has 3 aromatic carbocycles. The predicted octanol–water partition coefficient (Wildman–Crippen LogP) is 5.76. The van der Waals surface area contributed by atoms with Crippen molar-refractivity contribution in [1.82, 2.24) is 0 Å². The highest BCUT2D eigenvalue weighted by Crippen LogP contribution is 2.45. The fourth-order valence-corrected chi connectivity index (χ4v) is 4.48. The first-order valence-corrected chi connectivity index (χ1v) is 9.93. The number of nitrogens with zero attached hydrogens (tertiary/aromatic N) is 1. The standard InChI is InChI=1S/C26H27NO/c1-18-24(19-11-7-5-8-12-19)22-17-21(15-16-23(22)27(4)25(18)28)26(2,3)20-13-9-6-10-14-20/h5-18,24H,1-4H3. The smallest absolute Gasteiger partial charge is 0.230 e. The van der Waals surface area contributed by atoms with Crippen LogP contribution in [0.2, 0.25) is 0 Å². The molecule has 28 heavy (non-hydrogen) atoms. The predicted molar refractivity (Wildman–Crippen MR) is 116 cm³/mol. The summed E-state index contributed by atoms with van der Waals surface area (Å²) < 4.78 is 0. The number of carbonyl (C=O) groups is 1. The van der Waals surface area contributed by atoms with Crippen LogP contribution in [-0.2, 0) is 10.2 Å². The van der Waals surface area contributed by atoms with Crippen molar-refractivity contribution in [3.05, 3.63) is 101 Å². The lowest BCUT2D eigenvalue weighted by molar-refractivity contribution is -0.122. The Balaban J connectivity index is 1.88. The van der Waals surface area contributed by atoms with Gasteiger partial charge in [-0.3, -0.25) is 4.79 Å². The van der Waals surface area contributed by atoms with Gasteiger partial charge in [0.25, 0.3) is 0 Å². The highest BCUT2D eigenvalue weighted by Gasteiger charge is 2.38. The van der Waals surface area contributed by atoms with Crippen LogP contribution in [0.4, 0.5) is 5.69 Å². The summed E-state index contributed by atoms with van der Waals surface area (Å²) >= 11 is 0. The first kappa shape index (κ1) is 18.5. The minimum Gasteiger partial charge on any atom is -0.315 e.